The minimum Gasteiger partial charge on any atom is -0.453 e. The van der Waals surface area contributed by atoms with Crippen LogP contribution in [0.1, 0.15) is 68.4 Å². The van der Waals surface area contributed by atoms with E-state index in [2.05, 4.69) is 69.1 Å². The van der Waals surface area contributed by atoms with E-state index in [1.807, 2.05) is 61.2 Å². The van der Waals surface area contributed by atoms with Gasteiger partial charge < -0.3 is 44.6 Å². The second-order valence-electron chi connectivity index (χ2n) is 17.1. The van der Waals surface area contributed by atoms with Crippen molar-refractivity contribution in [1.29, 1.82) is 0 Å². The fraction of sp³-hybridized carbons (Fsp3) is 0.347. The van der Waals surface area contributed by atoms with Crippen molar-refractivity contribution >= 4 is 67.6 Å². The smallest absolute Gasteiger partial charge is 0.407 e. The van der Waals surface area contributed by atoms with E-state index < -0.39 is 24.3 Å². The molecule has 0 saturated carbocycles. The molecule has 64 heavy (non-hydrogen) atoms. The molecule has 2 saturated heterocycles. The Labute approximate surface area is 369 Å². The maximum atomic E-state index is 14.4. The number of aromatic nitrogens is 4. The van der Waals surface area contributed by atoms with Crippen LogP contribution in [0.4, 0.5) is 9.59 Å². The zero-order valence-corrected chi connectivity index (χ0v) is 36.5. The largest absolute Gasteiger partial charge is 0.453 e. The van der Waals surface area contributed by atoms with Crippen LogP contribution in [0.2, 0.25) is 0 Å². The molecule has 2 aromatic heterocycles. The van der Waals surface area contributed by atoms with Gasteiger partial charge in [0.1, 0.15) is 23.7 Å². The minimum atomic E-state index is -0.943. The van der Waals surface area contributed by atoms with E-state index in [0.29, 0.717) is 37.5 Å². The van der Waals surface area contributed by atoms with Gasteiger partial charge in [-0.1, -0.05) is 80.6 Å². The molecule has 15 nitrogen and oxygen atoms in total. The quantitative estimate of drug-likeness (QED) is 0.0999. The highest BCUT2D eigenvalue weighted by molar-refractivity contribution is 6.07. The number of fused-ring (bicyclic) bond motifs is 6. The fourth-order valence-corrected chi connectivity index (χ4v) is 9.58. The monoisotopic (exact) mass is 864 g/mol. The summed E-state index contributed by atoms with van der Waals surface area (Å²) in [4.78, 5) is 73.5. The van der Waals surface area contributed by atoms with Crippen molar-refractivity contribution in [3.8, 4) is 11.1 Å². The third-order valence-corrected chi connectivity index (χ3v) is 12.8. The number of aromatic amines is 2. The minimum absolute atomic E-state index is 0.0727. The van der Waals surface area contributed by atoms with Crippen molar-refractivity contribution in [2.75, 3.05) is 41.0 Å². The molecule has 0 spiro atoms. The van der Waals surface area contributed by atoms with Crippen LogP contribution in [0.15, 0.2) is 91.0 Å². The molecule has 2 aliphatic heterocycles. The number of ether oxygens (including phenoxy) is 3. The second kappa shape index (κ2) is 17.6. The van der Waals surface area contributed by atoms with Crippen molar-refractivity contribution < 1.29 is 33.4 Å². The van der Waals surface area contributed by atoms with Gasteiger partial charge in [-0.15, -0.1) is 0 Å². The SMILES string of the molecule is COC[C@H]1C[C@@H](c2nc3ccc4cc(-c5ccc6c(ccc7nc([C@@H]8CCCN8C(=O)[C@@H](NC(=O)OC)C(C)C)[nH]c76)c5)ccc4c3[nH]2)N(C(=O)[C@H](NC(=O)OC)c2ccccc2)C1. The van der Waals surface area contributed by atoms with E-state index >= 15 is 0 Å². The van der Waals surface area contributed by atoms with Gasteiger partial charge >= 0.3 is 12.2 Å². The Bertz CT molecular complexity index is 2890. The molecule has 0 bridgehead atoms. The first-order valence-corrected chi connectivity index (χ1v) is 21.7. The van der Waals surface area contributed by atoms with Crippen LogP contribution in [-0.4, -0.2) is 101 Å². The lowest BCUT2D eigenvalue weighted by Crippen LogP contribution is -2.51. The number of likely N-dealkylation sites (tertiary alicyclic amines) is 2. The third kappa shape index (κ3) is 7.95. The number of benzene rings is 5. The molecule has 0 aliphatic carbocycles. The highest BCUT2D eigenvalue weighted by Gasteiger charge is 2.42. The van der Waals surface area contributed by atoms with Gasteiger partial charge in [-0.25, -0.2) is 19.6 Å². The number of H-pyrrole nitrogens is 2. The van der Waals surface area contributed by atoms with Gasteiger partial charge in [-0.2, -0.15) is 0 Å². The summed E-state index contributed by atoms with van der Waals surface area (Å²) in [5, 5.41) is 9.59. The molecule has 2 fully saturated rings. The van der Waals surface area contributed by atoms with Gasteiger partial charge in [0, 0.05) is 36.9 Å². The van der Waals surface area contributed by atoms with Crippen LogP contribution in [0.3, 0.4) is 0 Å². The molecule has 4 amide bonds. The Balaban J connectivity index is 0.988. The number of imidazole rings is 2. The lowest BCUT2D eigenvalue weighted by molar-refractivity contribution is -0.136. The number of carbonyl (C=O) groups is 4. The molecule has 15 heteroatoms. The average Bonchev–Trinajstić information content (AvgIpc) is 4.15. The van der Waals surface area contributed by atoms with Crippen LogP contribution in [0, 0.1) is 11.8 Å². The first-order valence-electron chi connectivity index (χ1n) is 21.7. The van der Waals surface area contributed by atoms with Gasteiger partial charge in [-0.3, -0.25) is 9.59 Å². The zero-order valence-electron chi connectivity index (χ0n) is 36.5. The van der Waals surface area contributed by atoms with Gasteiger partial charge in [0.15, 0.2) is 0 Å². The molecular weight excluding hydrogens is 813 g/mol. The first kappa shape index (κ1) is 42.3. The lowest BCUT2D eigenvalue weighted by Gasteiger charge is -2.29. The third-order valence-electron chi connectivity index (χ3n) is 12.8. The summed E-state index contributed by atoms with van der Waals surface area (Å²) in [6.07, 6.45) is 0.926. The number of nitrogens with one attached hydrogen (secondary N) is 4. The lowest BCUT2D eigenvalue weighted by atomic mass is 9.98. The molecule has 4 N–H and O–H groups in total. The van der Waals surface area contributed by atoms with Crippen LogP contribution in [-0.2, 0) is 23.8 Å². The molecule has 0 radical (unpaired) electrons. The molecule has 9 rings (SSSR count). The number of amides is 4. The maximum Gasteiger partial charge on any atom is 0.407 e. The summed E-state index contributed by atoms with van der Waals surface area (Å²) >= 11 is 0. The Hall–Kier alpha value is -7.00. The topological polar surface area (TPSA) is 184 Å². The molecular formula is C49H52N8O7. The fourth-order valence-electron chi connectivity index (χ4n) is 9.58. The Morgan fingerprint density at radius 3 is 1.89 bits per heavy atom. The van der Waals surface area contributed by atoms with E-state index in [4.69, 9.17) is 24.2 Å². The number of methoxy groups -OCH3 is 3. The number of hydrogen-bond acceptors (Lipinski definition) is 9. The predicted molar refractivity (Wildman–Crippen MR) is 243 cm³/mol. The number of rotatable bonds is 11. The highest BCUT2D eigenvalue weighted by Crippen LogP contribution is 2.40. The van der Waals surface area contributed by atoms with Crippen molar-refractivity contribution in [2.45, 2.75) is 57.3 Å². The zero-order chi connectivity index (χ0) is 44.6. The second-order valence-corrected chi connectivity index (χ2v) is 17.1. The molecule has 0 unspecified atom stereocenters. The maximum absolute atomic E-state index is 14.4. The van der Waals surface area contributed by atoms with Gasteiger partial charge in [0.25, 0.3) is 5.91 Å². The normalized spacial score (nSPS) is 18.6. The Morgan fingerprint density at radius 2 is 1.31 bits per heavy atom. The highest BCUT2D eigenvalue weighted by atomic mass is 16.5. The molecule has 7 aromatic rings. The molecule has 4 heterocycles. The van der Waals surface area contributed by atoms with Gasteiger partial charge in [0.2, 0.25) is 5.91 Å². The number of hydrogen-bond donors (Lipinski definition) is 4. The predicted octanol–water partition coefficient (Wildman–Crippen LogP) is 8.09. The van der Waals surface area contributed by atoms with Crippen LogP contribution in [0.25, 0.3) is 54.7 Å². The summed E-state index contributed by atoms with van der Waals surface area (Å²) < 4.78 is 15.2. The van der Waals surface area contributed by atoms with Crippen LogP contribution in [0.5, 0.6) is 0 Å². The molecule has 330 valence electrons. The molecule has 5 atom stereocenters. The first-order chi connectivity index (χ1) is 31.0. The van der Waals surface area contributed by atoms with Gasteiger partial charge in [0.05, 0.1) is 55.0 Å². The summed E-state index contributed by atoms with van der Waals surface area (Å²) in [5.74, 6) is 0.961. The number of nitrogens with zero attached hydrogens (tertiary/aromatic N) is 4. The summed E-state index contributed by atoms with van der Waals surface area (Å²) in [6.45, 7) is 5.32. The van der Waals surface area contributed by atoms with E-state index in [0.717, 1.165) is 73.4 Å². The average molecular weight is 865 g/mol. The number of carbonyl (C=O) groups excluding carboxylic acids is 4. The van der Waals surface area contributed by atoms with E-state index in [9.17, 15) is 19.2 Å². The Morgan fingerprint density at radius 1 is 0.719 bits per heavy atom. The van der Waals surface area contributed by atoms with Crippen LogP contribution >= 0.6 is 0 Å². The van der Waals surface area contributed by atoms with Gasteiger partial charge in [-0.05, 0) is 76.9 Å². The van der Waals surface area contributed by atoms with Crippen molar-refractivity contribution in [3.63, 3.8) is 0 Å². The summed E-state index contributed by atoms with van der Waals surface area (Å²) in [7, 11) is 4.23. The molecule has 2 aliphatic rings. The molecule has 5 aromatic carbocycles. The van der Waals surface area contributed by atoms with Crippen molar-refractivity contribution in [1.82, 2.24) is 40.4 Å². The van der Waals surface area contributed by atoms with E-state index in [1.54, 1.807) is 12.0 Å². The summed E-state index contributed by atoms with van der Waals surface area (Å²) in [6, 6.07) is 27.9. The van der Waals surface area contributed by atoms with Crippen LogP contribution < -0.4 is 10.6 Å². The van der Waals surface area contributed by atoms with Crippen molar-refractivity contribution in [2.24, 2.45) is 11.8 Å². The standard InChI is InChI=1S/C49H52N8O7/c1-27(2)40(54-48(60)63-4)46(58)56-21-9-12-38(56)44-50-36-19-15-32-23-30(13-17-34(32)42(36)52-44)31-14-18-35-33(24-31)16-20-37-43(35)53-45(51-37)39-22-28(26-62-3)25-57(39)47(59)41(55-49(61)64-5)29-10-7-6-8-11-29/h6-8,10-11,13-20,23-24,27-28,38-41H,9,12,21-22,25-26H2,1-5H3,(H,50,52)(H,51,53)(H,54,60)(H,55,61)/t28-,38-,39-,40-,41+/m0/s1. The Kier molecular flexibility index (Phi) is 11.7. The number of alkyl carbamates (subject to hydrolysis) is 2. The van der Waals surface area contributed by atoms with E-state index in [-0.39, 0.29) is 35.7 Å². The van der Waals surface area contributed by atoms with Crippen molar-refractivity contribution in [3.05, 3.63) is 108 Å². The van der Waals surface area contributed by atoms with E-state index in [1.165, 1.54) is 14.2 Å². The summed E-state index contributed by atoms with van der Waals surface area (Å²) in [5.41, 5.74) is 6.18.